The van der Waals surface area contributed by atoms with Crippen molar-refractivity contribution in [2.75, 3.05) is 12.1 Å². The molecule has 1 aromatic carbocycles. The van der Waals surface area contributed by atoms with E-state index in [2.05, 4.69) is 25.6 Å². The molecular weight excluding hydrogens is 346 g/mol. The second-order valence-corrected chi connectivity index (χ2v) is 5.84. The van der Waals surface area contributed by atoms with Crippen LogP contribution in [0, 0.1) is 0 Å². The first-order chi connectivity index (χ1) is 13.3. The van der Waals surface area contributed by atoms with E-state index in [0.717, 1.165) is 11.3 Å². The number of nitrogens with zero attached hydrogens (tertiary/aromatic N) is 3. The zero-order valence-corrected chi connectivity index (χ0v) is 14.4. The third kappa shape index (κ3) is 4.12. The zero-order chi connectivity index (χ0) is 18.5. The van der Waals surface area contributed by atoms with Crippen LogP contribution < -0.4 is 20.1 Å². The molecule has 3 aromatic rings. The molecule has 0 saturated heterocycles. The summed E-state index contributed by atoms with van der Waals surface area (Å²) in [5, 5.41) is 5.90. The van der Waals surface area contributed by atoms with Crippen molar-refractivity contribution in [2.45, 2.75) is 13.1 Å². The van der Waals surface area contributed by atoms with E-state index in [4.69, 9.17) is 9.47 Å². The fraction of sp³-hybridized carbons (Fsp3) is 0.158. The van der Waals surface area contributed by atoms with E-state index in [1.165, 1.54) is 12.4 Å². The summed E-state index contributed by atoms with van der Waals surface area (Å²) in [5.74, 6) is 1.60. The predicted octanol–water partition coefficient (Wildman–Crippen LogP) is 2.14. The lowest BCUT2D eigenvalue weighted by atomic mass is 10.2. The van der Waals surface area contributed by atoms with E-state index >= 15 is 0 Å². The standard InChI is InChI=1S/C19H17N5O3/c25-18(21-8-13-4-5-16-17(7-13)27-12-26-16)14-9-22-19(23-10-14)24-11-15-3-1-2-6-20-15/h1-7,9-10H,8,11-12H2,(H,21,25)(H,22,23,24). The molecule has 8 nitrogen and oxygen atoms in total. The number of amides is 1. The topological polar surface area (TPSA) is 98.3 Å². The second kappa shape index (κ2) is 7.69. The highest BCUT2D eigenvalue weighted by Crippen LogP contribution is 2.32. The van der Waals surface area contributed by atoms with E-state index < -0.39 is 0 Å². The van der Waals surface area contributed by atoms with Crippen molar-refractivity contribution < 1.29 is 14.3 Å². The highest BCUT2D eigenvalue weighted by molar-refractivity contribution is 5.93. The van der Waals surface area contributed by atoms with Crippen molar-refractivity contribution in [3.63, 3.8) is 0 Å². The summed E-state index contributed by atoms with van der Waals surface area (Å²) in [7, 11) is 0. The Morgan fingerprint density at radius 3 is 2.67 bits per heavy atom. The molecule has 2 N–H and O–H groups in total. The molecule has 1 aliphatic rings. The van der Waals surface area contributed by atoms with Crippen molar-refractivity contribution in [3.8, 4) is 11.5 Å². The molecule has 0 unspecified atom stereocenters. The normalized spacial score (nSPS) is 11.9. The molecule has 0 fully saturated rings. The van der Waals surface area contributed by atoms with Crippen LogP contribution >= 0.6 is 0 Å². The van der Waals surface area contributed by atoms with Crippen LogP contribution in [0.15, 0.2) is 55.0 Å². The smallest absolute Gasteiger partial charge is 0.254 e. The molecule has 0 atom stereocenters. The van der Waals surface area contributed by atoms with Crippen molar-refractivity contribution >= 4 is 11.9 Å². The molecule has 136 valence electrons. The van der Waals surface area contributed by atoms with E-state index in [-0.39, 0.29) is 12.7 Å². The van der Waals surface area contributed by atoms with Gasteiger partial charge in [0.1, 0.15) is 0 Å². The first kappa shape index (κ1) is 16.8. The Morgan fingerprint density at radius 1 is 1.00 bits per heavy atom. The van der Waals surface area contributed by atoms with Crippen LogP contribution in [0.4, 0.5) is 5.95 Å². The number of carbonyl (C=O) groups excluding carboxylic acids is 1. The Kier molecular flexibility index (Phi) is 4.78. The van der Waals surface area contributed by atoms with Gasteiger partial charge in [-0.25, -0.2) is 9.97 Å². The summed E-state index contributed by atoms with van der Waals surface area (Å²) in [6.07, 6.45) is 4.71. The minimum atomic E-state index is -0.246. The fourth-order valence-corrected chi connectivity index (χ4v) is 2.54. The van der Waals surface area contributed by atoms with Gasteiger partial charge in [0.2, 0.25) is 12.7 Å². The molecule has 0 spiro atoms. The van der Waals surface area contributed by atoms with Crippen molar-refractivity contribution in [1.29, 1.82) is 0 Å². The van der Waals surface area contributed by atoms with Crippen LogP contribution in [0.3, 0.4) is 0 Å². The van der Waals surface area contributed by atoms with E-state index in [1.54, 1.807) is 6.20 Å². The summed E-state index contributed by atoms with van der Waals surface area (Å²) in [6, 6.07) is 11.2. The molecular formula is C19H17N5O3. The van der Waals surface area contributed by atoms with Crippen molar-refractivity contribution in [2.24, 2.45) is 0 Å². The number of anilines is 1. The average Bonchev–Trinajstić information content (AvgIpc) is 3.19. The molecule has 27 heavy (non-hydrogen) atoms. The molecule has 2 aromatic heterocycles. The SMILES string of the molecule is O=C(NCc1ccc2c(c1)OCO2)c1cnc(NCc2ccccn2)nc1. The quantitative estimate of drug-likeness (QED) is 0.692. The van der Waals surface area contributed by atoms with Gasteiger partial charge in [-0.3, -0.25) is 9.78 Å². The molecule has 0 saturated carbocycles. The summed E-state index contributed by atoms with van der Waals surface area (Å²) in [4.78, 5) is 24.8. The maximum absolute atomic E-state index is 12.3. The summed E-state index contributed by atoms with van der Waals surface area (Å²) < 4.78 is 10.6. The second-order valence-electron chi connectivity index (χ2n) is 5.84. The average molecular weight is 363 g/mol. The van der Waals surface area contributed by atoms with Gasteiger partial charge in [0, 0.05) is 25.1 Å². The van der Waals surface area contributed by atoms with Crippen LogP contribution in [0.2, 0.25) is 0 Å². The molecule has 0 bridgehead atoms. The lowest BCUT2D eigenvalue weighted by Gasteiger charge is -2.07. The van der Waals surface area contributed by atoms with Crippen molar-refractivity contribution in [1.82, 2.24) is 20.3 Å². The van der Waals surface area contributed by atoms with Crippen LogP contribution in [0.25, 0.3) is 0 Å². The summed E-state index contributed by atoms with van der Waals surface area (Å²) in [5.41, 5.74) is 2.19. The van der Waals surface area contributed by atoms with Crippen LogP contribution in [0.5, 0.6) is 11.5 Å². The van der Waals surface area contributed by atoms with Crippen molar-refractivity contribution in [3.05, 3.63) is 71.8 Å². The molecule has 3 heterocycles. The first-order valence-electron chi connectivity index (χ1n) is 8.40. The van der Waals surface area contributed by atoms with Gasteiger partial charge in [-0.2, -0.15) is 0 Å². The lowest BCUT2D eigenvalue weighted by Crippen LogP contribution is -2.23. The Labute approximate surface area is 155 Å². The number of fused-ring (bicyclic) bond motifs is 1. The summed E-state index contributed by atoms with van der Waals surface area (Å²) >= 11 is 0. The molecule has 8 heteroatoms. The number of benzene rings is 1. The summed E-state index contributed by atoms with van der Waals surface area (Å²) in [6.45, 7) is 1.11. The first-order valence-corrected chi connectivity index (χ1v) is 8.40. The number of carbonyl (C=O) groups is 1. The minimum Gasteiger partial charge on any atom is -0.454 e. The molecule has 4 rings (SSSR count). The monoisotopic (exact) mass is 363 g/mol. The maximum atomic E-state index is 12.3. The number of hydrogen-bond donors (Lipinski definition) is 2. The number of nitrogens with one attached hydrogen (secondary N) is 2. The Bertz CT molecular complexity index is 932. The van der Waals surface area contributed by atoms with Crippen LogP contribution in [0.1, 0.15) is 21.6 Å². The molecule has 1 amide bonds. The van der Waals surface area contributed by atoms with Gasteiger partial charge in [-0.1, -0.05) is 12.1 Å². The van der Waals surface area contributed by atoms with Gasteiger partial charge in [-0.05, 0) is 29.8 Å². The molecule has 0 radical (unpaired) electrons. The number of hydrogen-bond acceptors (Lipinski definition) is 7. The van der Waals surface area contributed by atoms with Gasteiger partial charge in [0.15, 0.2) is 11.5 Å². The Hall–Kier alpha value is -3.68. The number of rotatable bonds is 6. The lowest BCUT2D eigenvalue weighted by molar-refractivity contribution is 0.0950. The number of pyridine rings is 1. The minimum absolute atomic E-state index is 0.225. The highest BCUT2D eigenvalue weighted by Gasteiger charge is 2.14. The van der Waals surface area contributed by atoms with E-state index in [1.807, 2.05) is 36.4 Å². The van der Waals surface area contributed by atoms with Gasteiger partial charge >= 0.3 is 0 Å². The van der Waals surface area contributed by atoms with E-state index in [9.17, 15) is 4.79 Å². The third-order valence-electron chi connectivity index (χ3n) is 3.96. The van der Waals surface area contributed by atoms with E-state index in [0.29, 0.717) is 36.1 Å². The fourth-order valence-electron chi connectivity index (χ4n) is 2.54. The molecule has 1 aliphatic heterocycles. The highest BCUT2D eigenvalue weighted by atomic mass is 16.7. The van der Waals surface area contributed by atoms with Gasteiger partial charge in [0.05, 0.1) is 17.8 Å². The van der Waals surface area contributed by atoms with Crippen LogP contribution in [-0.4, -0.2) is 27.7 Å². The van der Waals surface area contributed by atoms with Gasteiger partial charge in [0.25, 0.3) is 5.91 Å². The number of ether oxygens (including phenoxy) is 2. The predicted molar refractivity (Wildman–Crippen MR) is 97.3 cm³/mol. The zero-order valence-electron chi connectivity index (χ0n) is 14.4. The molecule has 0 aliphatic carbocycles. The van der Waals surface area contributed by atoms with Gasteiger partial charge < -0.3 is 20.1 Å². The van der Waals surface area contributed by atoms with Crippen LogP contribution in [-0.2, 0) is 13.1 Å². The Morgan fingerprint density at radius 2 is 1.85 bits per heavy atom. The largest absolute Gasteiger partial charge is 0.454 e. The Balaban J connectivity index is 1.31. The number of aromatic nitrogens is 3. The maximum Gasteiger partial charge on any atom is 0.254 e. The van der Waals surface area contributed by atoms with Gasteiger partial charge in [-0.15, -0.1) is 0 Å². The third-order valence-corrected chi connectivity index (χ3v) is 3.96.